The Labute approximate surface area is 278 Å². The summed E-state index contributed by atoms with van der Waals surface area (Å²) in [7, 11) is -3.60. The Morgan fingerprint density at radius 2 is 1.74 bits per heavy atom. The SMILES string of the molecule is CO[C@H]1[C@H](O[C@@H]2C=C3[C@H](O)C[C@@]4(O)[C@@H]5[C@@H](OS(=O)(=O)O)[C@H](O)[C@H]([C@H](C)CCC[C@H](C)CO)[C@@]5(C)CC[C@@H]4[C@@]3(C)CC2)OC[C@@H](O)[C@@H]1O. The lowest BCUT2D eigenvalue weighted by Crippen LogP contribution is -2.66. The maximum atomic E-state index is 12.8. The zero-order chi connectivity index (χ0) is 34.7. The highest BCUT2D eigenvalue weighted by Gasteiger charge is 2.73. The number of hydrogen-bond acceptors (Lipinski definition) is 12. The van der Waals surface area contributed by atoms with E-state index in [9.17, 15) is 43.6 Å². The van der Waals surface area contributed by atoms with Gasteiger partial charge in [0.2, 0.25) is 0 Å². The average molecular weight is 693 g/mol. The van der Waals surface area contributed by atoms with Crippen LogP contribution in [-0.4, -0.2) is 119 Å². The Morgan fingerprint density at radius 1 is 1.04 bits per heavy atom. The van der Waals surface area contributed by atoms with E-state index in [4.69, 9.17) is 18.4 Å². The summed E-state index contributed by atoms with van der Waals surface area (Å²) in [5.74, 6) is -1.71. The van der Waals surface area contributed by atoms with Crippen molar-refractivity contribution in [2.24, 2.45) is 40.4 Å². The van der Waals surface area contributed by atoms with E-state index in [1.165, 1.54) is 7.11 Å². The van der Waals surface area contributed by atoms with Crippen molar-refractivity contribution in [3.8, 4) is 0 Å². The molecular formula is C33H56O13S. The molecule has 5 rings (SSSR count). The van der Waals surface area contributed by atoms with Crippen LogP contribution in [0, 0.1) is 40.4 Å². The van der Waals surface area contributed by atoms with E-state index >= 15 is 0 Å². The summed E-state index contributed by atoms with van der Waals surface area (Å²) in [5.41, 5.74) is -2.39. The van der Waals surface area contributed by atoms with Crippen LogP contribution >= 0.6 is 0 Å². The first kappa shape index (κ1) is 37.5. The van der Waals surface area contributed by atoms with Crippen molar-refractivity contribution in [1.82, 2.24) is 0 Å². The molecule has 0 unspecified atom stereocenters. The Kier molecular flexibility index (Phi) is 11.0. The predicted octanol–water partition coefficient (Wildman–Crippen LogP) is 1.33. The second kappa shape index (κ2) is 13.8. The van der Waals surface area contributed by atoms with Gasteiger partial charge in [-0.3, -0.25) is 4.55 Å². The van der Waals surface area contributed by atoms with Crippen LogP contribution in [0.2, 0.25) is 0 Å². The molecule has 3 saturated carbocycles. The minimum Gasteiger partial charge on any atom is -0.396 e. The Bertz CT molecular complexity index is 1250. The molecule has 13 nitrogen and oxygen atoms in total. The van der Waals surface area contributed by atoms with Gasteiger partial charge in [-0.2, -0.15) is 8.42 Å². The van der Waals surface area contributed by atoms with Gasteiger partial charge in [0.1, 0.15) is 24.4 Å². The lowest BCUT2D eigenvalue weighted by Gasteiger charge is -2.64. The van der Waals surface area contributed by atoms with Gasteiger partial charge in [-0.25, -0.2) is 4.18 Å². The third kappa shape index (κ3) is 6.72. The molecule has 0 aromatic carbocycles. The third-order valence-electron chi connectivity index (χ3n) is 12.8. The second-order valence-corrected chi connectivity index (χ2v) is 16.7. The Morgan fingerprint density at radius 3 is 2.38 bits per heavy atom. The van der Waals surface area contributed by atoms with E-state index in [0.29, 0.717) is 37.7 Å². The molecule has 47 heavy (non-hydrogen) atoms. The summed E-state index contributed by atoms with van der Waals surface area (Å²) < 4.78 is 56.6. The molecule has 0 radical (unpaired) electrons. The Balaban J connectivity index is 1.44. The zero-order valence-electron chi connectivity index (χ0n) is 28.1. The van der Waals surface area contributed by atoms with Crippen molar-refractivity contribution in [3.05, 3.63) is 11.6 Å². The molecule has 0 aromatic rings. The van der Waals surface area contributed by atoms with Crippen LogP contribution in [0.5, 0.6) is 0 Å². The van der Waals surface area contributed by atoms with Crippen molar-refractivity contribution in [1.29, 1.82) is 0 Å². The highest BCUT2D eigenvalue weighted by atomic mass is 32.3. The highest BCUT2D eigenvalue weighted by molar-refractivity contribution is 7.80. The molecule has 16 atom stereocenters. The largest absolute Gasteiger partial charge is 0.397 e. The van der Waals surface area contributed by atoms with Crippen molar-refractivity contribution in [3.63, 3.8) is 0 Å². The van der Waals surface area contributed by atoms with Crippen molar-refractivity contribution in [2.75, 3.05) is 20.3 Å². The van der Waals surface area contributed by atoms with Crippen LogP contribution in [0.15, 0.2) is 11.6 Å². The van der Waals surface area contributed by atoms with E-state index in [0.717, 1.165) is 12.8 Å². The molecule has 4 aliphatic carbocycles. The number of fused-ring (bicyclic) bond motifs is 5. The second-order valence-electron chi connectivity index (χ2n) is 15.7. The van der Waals surface area contributed by atoms with Gasteiger partial charge in [-0.05, 0) is 72.2 Å². The summed E-state index contributed by atoms with van der Waals surface area (Å²) in [6.45, 7) is 7.90. The summed E-state index contributed by atoms with van der Waals surface area (Å²) in [5, 5.41) is 66.1. The van der Waals surface area contributed by atoms with E-state index in [1.54, 1.807) is 0 Å². The first-order chi connectivity index (χ1) is 21.9. The fourth-order valence-corrected chi connectivity index (χ4v) is 11.2. The van der Waals surface area contributed by atoms with Crippen LogP contribution in [0.4, 0.5) is 0 Å². The fourth-order valence-electron chi connectivity index (χ4n) is 10.7. The van der Waals surface area contributed by atoms with Gasteiger partial charge >= 0.3 is 10.4 Å². The lowest BCUT2D eigenvalue weighted by atomic mass is 9.43. The standard InChI is InChI=1S/C33H56O13S/c1-17(15-34)7-6-8-18(2)24-26(38)27(46-47(40,41)42)29-32(24,4)12-10-23-31(3)11-9-19(13-20(31)21(35)14-33(23,29)39)45-30-28(43-5)25(37)22(36)16-44-30/h13,17-19,21-30,34-39H,6-12,14-16H2,1-5H3,(H,40,41,42)/t17-,18+,19-,21+,22+,23+,24-,25-,26+,27-,28+,29+,30-,31-,32+,33-/m0/s1. The van der Waals surface area contributed by atoms with Gasteiger partial charge in [0, 0.05) is 26.1 Å². The van der Waals surface area contributed by atoms with Gasteiger partial charge in [0.15, 0.2) is 6.29 Å². The third-order valence-corrected chi connectivity index (χ3v) is 13.2. The molecule has 7 N–H and O–H groups in total. The van der Waals surface area contributed by atoms with E-state index < -0.39 is 93.6 Å². The first-order valence-corrected chi connectivity index (χ1v) is 18.5. The molecule has 0 spiro atoms. The molecule has 1 aliphatic heterocycles. The Hall–Kier alpha value is -0.750. The van der Waals surface area contributed by atoms with Crippen LogP contribution in [0.25, 0.3) is 0 Å². The van der Waals surface area contributed by atoms with Gasteiger partial charge in [-0.1, -0.05) is 46.6 Å². The number of aliphatic hydroxyl groups excluding tert-OH is 5. The smallest absolute Gasteiger partial charge is 0.396 e. The number of methoxy groups -OCH3 is 1. The molecule has 0 bridgehead atoms. The van der Waals surface area contributed by atoms with Gasteiger partial charge in [0.25, 0.3) is 0 Å². The monoisotopic (exact) mass is 692 g/mol. The minimum atomic E-state index is -5.00. The number of rotatable bonds is 11. The van der Waals surface area contributed by atoms with E-state index in [1.807, 2.05) is 33.8 Å². The number of aliphatic hydroxyl groups is 6. The van der Waals surface area contributed by atoms with Crippen LogP contribution < -0.4 is 0 Å². The van der Waals surface area contributed by atoms with Crippen LogP contribution in [0.1, 0.15) is 79.1 Å². The predicted molar refractivity (Wildman–Crippen MR) is 168 cm³/mol. The molecular weight excluding hydrogens is 636 g/mol. The number of hydrogen-bond donors (Lipinski definition) is 7. The van der Waals surface area contributed by atoms with Crippen LogP contribution in [0.3, 0.4) is 0 Å². The molecule has 14 heteroatoms. The summed E-state index contributed by atoms with van der Waals surface area (Å²) in [4.78, 5) is 0. The van der Waals surface area contributed by atoms with Gasteiger partial charge in [-0.15, -0.1) is 0 Å². The quantitative estimate of drug-likeness (QED) is 0.120. The lowest BCUT2D eigenvalue weighted by molar-refractivity contribution is -0.285. The van der Waals surface area contributed by atoms with Crippen molar-refractivity contribution >= 4 is 10.4 Å². The van der Waals surface area contributed by atoms with Gasteiger partial charge in [0.05, 0.1) is 30.5 Å². The summed E-state index contributed by atoms with van der Waals surface area (Å²) in [6.07, 6.45) is -2.29. The molecule has 5 aliphatic rings. The molecule has 0 amide bonds. The fraction of sp³-hybridized carbons (Fsp3) is 0.939. The minimum absolute atomic E-state index is 0.0803. The normalized spacial score (nSPS) is 48.2. The van der Waals surface area contributed by atoms with Crippen molar-refractivity contribution in [2.45, 2.75) is 134 Å². The molecule has 1 heterocycles. The number of ether oxygens (including phenoxy) is 3. The van der Waals surface area contributed by atoms with E-state index in [-0.39, 0.29) is 31.5 Å². The highest BCUT2D eigenvalue weighted by Crippen LogP contribution is 2.70. The molecule has 4 fully saturated rings. The molecule has 1 saturated heterocycles. The van der Waals surface area contributed by atoms with Crippen LogP contribution in [-0.2, 0) is 28.8 Å². The maximum Gasteiger partial charge on any atom is 0.397 e. The average Bonchev–Trinajstić information content (AvgIpc) is 3.20. The zero-order valence-corrected chi connectivity index (χ0v) is 29.0. The summed E-state index contributed by atoms with van der Waals surface area (Å²) >= 11 is 0. The molecule has 272 valence electrons. The van der Waals surface area contributed by atoms with E-state index in [2.05, 4.69) is 0 Å². The van der Waals surface area contributed by atoms with Crippen molar-refractivity contribution < 1.29 is 62.0 Å². The van der Waals surface area contributed by atoms with Gasteiger partial charge < -0.3 is 44.8 Å². The first-order valence-electron chi connectivity index (χ1n) is 17.1. The summed E-state index contributed by atoms with van der Waals surface area (Å²) in [6, 6.07) is 0. The topological polar surface area (TPSA) is 213 Å². The molecule has 0 aromatic heterocycles. The maximum absolute atomic E-state index is 12.8.